The summed E-state index contributed by atoms with van der Waals surface area (Å²) in [6.45, 7) is 7.40. The summed E-state index contributed by atoms with van der Waals surface area (Å²) in [6, 6.07) is 0. The molecular formula is C9H21NO2S. The zero-order valence-electron chi connectivity index (χ0n) is 8.57. The highest BCUT2D eigenvalue weighted by atomic mass is 32.2. The SMILES string of the molecule is CCN(CC)CCSCC(O)CO. The molecule has 2 N–H and O–H groups in total. The fourth-order valence-electron chi connectivity index (χ4n) is 1.01. The van der Waals surface area contributed by atoms with Crippen molar-refractivity contribution in [2.45, 2.75) is 20.0 Å². The van der Waals surface area contributed by atoms with E-state index in [1.54, 1.807) is 11.8 Å². The first kappa shape index (κ1) is 13.2. The molecule has 0 saturated carbocycles. The van der Waals surface area contributed by atoms with Crippen LogP contribution in [0.4, 0.5) is 0 Å². The molecule has 80 valence electrons. The molecule has 1 unspecified atom stereocenters. The van der Waals surface area contributed by atoms with Crippen molar-refractivity contribution in [1.29, 1.82) is 0 Å². The molecule has 0 aromatic rings. The van der Waals surface area contributed by atoms with Gasteiger partial charge in [0.2, 0.25) is 0 Å². The van der Waals surface area contributed by atoms with Gasteiger partial charge in [0, 0.05) is 18.1 Å². The molecule has 0 heterocycles. The smallest absolute Gasteiger partial charge is 0.0861 e. The summed E-state index contributed by atoms with van der Waals surface area (Å²) in [5, 5.41) is 17.6. The second kappa shape index (κ2) is 8.81. The van der Waals surface area contributed by atoms with Crippen LogP contribution in [0.25, 0.3) is 0 Å². The fourth-order valence-corrected chi connectivity index (χ4v) is 1.94. The van der Waals surface area contributed by atoms with Crippen LogP contribution in [-0.4, -0.2) is 59.0 Å². The lowest BCUT2D eigenvalue weighted by molar-refractivity contribution is 0.113. The maximum atomic E-state index is 9.05. The van der Waals surface area contributed by atoms with E-state index in [0.29, 0.717) is 5.75 Å². The summed E-state index contributed by atoms with van der Waals surface area (Å²) < 4.78 is 0. The summed E-state index contributed by atoms with van der Waals surface area (Å²) in [5.74, 6) is 1.66. The van der Waals surface area contributed by atoms with Crippen LogP contribution in [0.3, 0.4) is 0 Å². The molecule has 0 radical (unpaired) electrons. The van der Waals surface area contributed by atoms with Gasteiger partial charge in [0.25, 0.3) is 0 Å². The Balaban J connectivity index is 3.23. The number of rotatable bonds is 8. The molecule has 0 bridgehead atoms. The molecule has 13 heavy (non-hydrogen) atoms. The number of aliphatic hydroxyl groups excluding tert-OH is 2. The van der Waals surface area contributed by atoms with Gasteiger partial charge in [0.05, 0.1) is 12.7 Å². The van der Waals surface area contributed by atoms with E-state index in [1.807, 2.05) is 0 Å². The third kappa shape index (κ3) is 7.31. The van der Waals surface area contributed by atoms with Crippen LogP contribution >= 0.6 is 11.8 Å². The van der Waals surface area contributed by atoms with Crippen molar-refractivity contribution < 1.29 is 10.2 Å². The van der Waals surface area contributed by atoms with Crippen LogP contribution in [-0.2, 0) is 0 Å². The van der Waals surface area contributed by atoms with Crippen LogP contribution in [0, 0.1) is 0 Å². The van der Waals surface area contributed by atoms with Gasteiger partial charge in [-0.3, -0.25) is 0 Å². The molecule has 0 saturated heterocycles. The van der Waals surface area contributed by atoms with Gasteiger partial charge in [-0.15, -0.1) is 0 Å². The predicted molar refractivity (Wildman–Crippen MR) is 58.2 cm³/mol. The monoisotopic (exact) mass is 207 g/mol. The van der Waals surface area contributed by atoms with Crippen molar-refractivity contribution in [2.75, 3.05) is 37.7 Å². The first-order valence-corrected chi connectivity index (χ1v) is 5.99. The van der Waals surface area contributed by atoms with E-state index in [9.17, 15) is 0 Å². The molecule has 3 nitrogen and oxygen atoms in total. The van der Waals surface area contributed by atoms with E-state index in [1.165, 1.54) is 0 Å². The summed E-state index contributed by atoms with van der Waals surface area (Å²) >= 11 is 1.69. The quantitative estimate of drug-likeness (QED) is 0.566. The van der Waals surface area contributed by atoms with Crippen molar-refractivity contribution in [2.24, 2.45) is 0 Å². The van der Waals surface area contributed by atoms with Gasteiger partial charge >= 0.3 is 0 Å². The number of hydrogen-bond acceptors (Lipinski definition) is 4. The average molecular weight is 207 g/mol. The van der Waals surface area contributed by atoms with Crippen molar-refractivity contribution in [3.8, 4) is 0 Å². The Morgan fingerprint density at radius 1 is 1.31 bits per heavy atom. The Bertz CT molecular complexity index is 110. The Hall–Kier alpha value is 0.230. The van der Waals surface area contributed by atoms with Gasteiger partial charge in [0.15, 0.2) is 0 Å². The maximum absolute atomic E-state index is 9.05. The number of nitrogens with zero attached hydrogens (tertiary/aromatic N) is 1. The van der Waals surface area contributed by atoms with Gasteiger partial charge in [-0.05, 0) is 13.1 Å². The summed E-state index contributed by atoms with van der Waals surface area (Å²) in [7, 11) is 0. The first-order chi connectivity index (χ1) is 6.24. The summed E-state index contributed by atoms with van der Waals surface area (Å²) in [5.41, 5.74) is 0. The van der Waals surface area contributed by atoms with Crippen LogP contribution in [0.1, 0.15) is 13.8 Å². The molecule has 0 fully saturated rings. The third-order valence-corrected chi connectivity index (χ3v) is 3.06. The maximum Gasteiger partial charge on any atom is 0.0861 e. The van der Waals surface area contributed by atoms with E-state index in [-0.39, 0.29) is 6.61 Å². The van der Waals surface area contributed by atoms with Crippen LogP contribution in [0.5, 0.6) is 0 Å². The van der Waals surface area contributed by atoms with Gasteiger partial charge in [0.1, 0.15) is 0 Å². The topological polar surface area (TPSA) is 43.7 Å². The molecule has 0 aliphatic heterocycles. The Morgan fingerprint density at radius 3 is 2.38 bits per heavy atom. The van der Waals surface area contributed by atoms with E-state index < -0.39 is 6.10 Å². The minimum absolute atomic E-state index is 0.127. The second-order valence-electron chi connectivity index (χ2n) is 2.94. The number of aliphatic hydroxyl groups is 2. The molecule has 0 rings (SSSR count). The normalized spacial score (nSPS) is 13.6. The molecule has 1 atom stereocenters. The van der Waals surface area contributed by atoms with Crippen LogP contribution in [0.2, 0.25) is 0 Å². The van der Waals surface area contributed by atoms with Crippen LogP contribution in [0.15, 0.2) is 0 Å². The molecule has 0 aliphatic carbocycles. The van der Waals surface area contributed by atoms with Crippen molar-refractivity contribution in [1.82, 2.24) is 4.90 Å². The third-order valence-electron chi connectivity index (χ3n) is 1.97. The van der Waals surface area contributed by atoms with E-state index >= 15 is 0 Å². The first-order valence-electron chi connectivity index (χ1n) is 4.83. The molecule has 0 amide bonds. The van der Waals surface area contributed by atoms with E-state index in [4.69, 9.17) is 10.2 Å². The Morgan fingerprint density at radius 2 is 1.92 bits per heavy atom. The summed E-state index contributed by atoms with van der Waals surface area (Å²) in [6.07, 6.45) is -0.554. The Labute approximate surface area is 85.1 Å². The minimum atomic E-state index is -0.554. The highest BCUT2D eigenvalue weighted by molar-refractivity contribution is 7.99. The lowest BCUT2D eigenvalue weighted by atomic mass is 10.4. The van der Waals surface area contributed by atoms with Gasteiger partial charge < -0.3 is 15.1 Å². The van der Waals surface area contributed by atoms with Crippen molar-refractivity contribution in [3.05, 3.63) is 0 Å². The zero-order chi connectivity index (χ0) is 10.1. The highest BCUT2D eigenvalue weighted by Crippen LogP contribution is 2.03. The molecule has 4 heteroatoms. The lowest BCUT2D eigenvalue weighted by Crippen LogP contribution is -2.26. The number of hydrogen-bond donors (Lipinski definition) is 2. The molecule has 0 aromatic carbocycles. The van der Waals surface area contributed by atoms with Gasteiger partial charge in [-0.1, -0.05) is 13.8 Å². The second-order valence-corrected chi connectivity index (χ2v) is 4.09. The molecular weight excluding hydrogens is 186 g/mol. The zero-order valence-corrected chi connectivity index (χ0v) is 9.39. The standard InChI is InChI=1S/C9H21NO2S/c1-3-10(4-2)5-6-13-8-9(12)7-11/h9,11-12H,3-8H2,1-2H3. The van der Waals surface area contributed by atoms with Gasteiger partial charge in [-0.2, -0.15) is 11.8 Å². The van der Waals surface area contributed by atoms with E-state index in [0.717, 1.165) is 25.4 Å². The largest absolute Gasteiger partial charge is 0.394 e. The van der Waals surface area contributed by atoms with Crippen LogP contribution < -0.4 is 0 Å². The van der Waals surface area contributed by atoms with Crippen molar-refractivity contribution in [3.63, 3.8) is 0 Å². The minimum Gasteiger partial charge on any atom is -0.394 e. The van der Waals surface area contributed by atoms with Crippen molar-refractivity contribution >= 4 is 11.8 Å². The molecule has 0 spiro atoms. The predicted octanol–water partition coefficient (Wildman–Crippen LogP) is 0.415. The van der Waals surface area contributed by atoms with E-state index in [2.05, 4.69) is 18.7 Å². The fraction of sp³-hybridized carbons (Fsp3) is 1.00. The molecule has 0 aromatic heterocycles. The Kier molecular flexibility index (Phi) is 8.97. The number of thioether (sulfide) groups is 1. The lowest BCUT2D eigenvalue weighted by Gasteiger charge is -2.17. The highest BCUT2D eigenvalue weighted by Gasteiger charge is 2.02. The summed E-state index contributed by atoms with van der Waals surface area (Å²) in [4.78, 5) is 2.35. The molecule has 0 aliphatic rings. The van der Waals surface area contributed by atoms with Gasteiger partial charge in [-0.25, -0.2) is 0 Å². The average Bonchev–Trinajstić information content (AvgIpc) is 2.18.